The van der Waals surface area contributed by atoms with Crippen LogP contribution >= 0.6 is 0 Å². The van der Waals surface area contributed by atoms with Crippen LogP contribution in [0.1, 0.15) is 15.9 Å². The Balaban J connectivity index is 2.09. The predicted octanol–water partition coefficient (Wildman–Crippen LogP) is 1.86. The molecule has 7 heteroatoms. The highest BCUT2D eigenvalue weighted by molar-refractivity contribution is 5.95. The maximum absolute atomic E-state index is 12.0. The molecule has 1 aliphatic rings. The number of carbonyl (C=O) groups is 1. The molecule has 3 aromatic rings. The summed E-state index contributed by atoms with van der Waals surface area (Å²) in [4.78, 5) is 28.9. The van der Waals surface area contributed by atoms with E-state index in [9.17, 15) is 14.7 Å². The monoisotopic (exact) mass is 312 g/mol. The van der Waals surface area contributed by atoms with Crippen LogP contribution < -0.4 is 10.3 Å². The summed E-state index contributed by atoms with van der Waals surface area (Å²) in [7, 11) is 0. The molecule has 0 radical (unpaired) electrons. The lowest BCUT2D eigenvalue weighted by atomic mass is 9.97. The van der Waals surface area contributed by atoms with E-state index in [0.29, 0.717) is 17.7 Å². The van der Waals surface area contributed by atoms with Crippen molar-refractivity contribution in [1.82, 2.24) is 9.97 Å². The molecular weight excluding hydrogens is 300 g/mol. The van der Waals surface area contributed by atoms with E-state index in [1.165, 1.54) is 0 Å². The van der Waals surface area contributed by atoms with Gasteiger partial charge in [-0.3, -0.25) is 4.79 Å². The van der Waals surface area contributed by atoms with Crippen molar-refractivity contribution < 1.29 is 19.7 Å². The van der Waals surface area contributed by atoms with Gasteiger partial charge in [0.25, 0.3) is 5.56 Å². The minimum atomic E-state index is -1.50. The summed E-state index contributed by atoms with van der Waals surface area (Å²) in [5.41, 5.74) is 1.37. The third-order valence-electron chi connectivity index (χ3n) is 4.07. The lowest BCUT2D eigenvalue weighted by molar-refractivity contribution is 0.0690. The number of hydrogen-bond donors (Lipinski definition) is 4. The van der Waals surface area contributed by atoms with Crippen LogP contribution in [0.25, 0.3) is 22.2 Å². The third kappa shape index (κ3) is 1.83. The minimum absolute atomic E-state index is 0.00404. The number of aromatic carboxylic acids is 1. The Labute approximate surface area is 129 Å². The average Bonchev–Trinajstić information content (AvgIpc) is 2.90. The van der Waals surface area contributed by atoms with Gasteiger partial charge in [-0.05, 0) is 17.7 Å². The highest BCUT2D eigenvalue weighted by Crippen LogP contribution is 2.41. The number of pyridine rings is 1. The quantitative estimate of drug-likeness (QED) is 0.547. The van der Waals surface area contributed by atoms with Gasteiger partial charge in [-0.25, -0.2) is 4.79 Å². The van der Waals surface area contributed by atoms with Crippen molar-refractivity contribution in [3.05, 3.63) is 45.9 Å². The second-order valence-electron chi connectivity index (χ2n) is 5.32. The van der Waals surface area contributed by atoms with E-state index in [1.807, 2.05) is 24.4 Å². The standard InChI is InChI=1S/C16H12N2O5/c19-13-11(16(21)22)15(20)18-12-9-1-2-10-8(3-5-17-10)7(9)4-6-23-14(12)13/h1-3,5,17H,4,6H2,(H,21,22)(H2,18,19,20). The van der Waals surface area contributed by atoms with Gasteiger partial charge in [-0.2, -0.15) is 0 Å². The number of hydrogen-bond acceptors (Lipinski definition) is 4. The van der Waals surface area contributed by atoms with Crippen LogP contribution in [-0.4, -0.2) is 32.8 Å². The van der Waals surface area contributed by atoms with Gasteiger partial charge in [0.15, 0.2) is 17.1 Å². The first kappa shape index (κ1) is 13.4. The fraction of sp³-hybridized carbons (Fsp3) is 0.125. The molecule has 0 bridgehead atoms. The zero-order valence-electron chi connectivity index (χ0n) is 11.8. The molecule has 4 rings (SSSR count). The van der Waals surface area contributed by atoms with Crippen LogP contribution in [0.4, 0.5) is 0 Å². The number of H-pyrrole nitrogens is 2. The van der Waals surface area contributed by atoms with Crippen LogP contribution in [0.3, 0.4) is 0 Å². The van der Waals surface area contributed by atoms with Crippen LogP contribution in [0.5, 0.6) is 11.5 Å². The van der Waals surface area contributed by atoms with E-state index < -0.39 is 22.8 Å². The zero-order chi connectivity index (χ0) is 16.1. The van der Waals surface area contributed by atoms with E-state index in [1.54, 1.807) is 0 Å². The Morgan fingerprint density at radius 1 is 1.26 bits per heavy atom. The number of aromatic hydroxyl groups is 1. The molecular formula is C16H12N2O5. The van der Waals surface area contributed by atoms with Gasteiger partial charge < -0.3 is 24.9 Å². The van der Waals surface area contributed by atoms with Crippen molar-refractivity contribution in [3.8, 4) is 22.8 Å². The molecule has 0 fully saturated rings. The number of aromatic nitrogens is 2. The molecule has 23 heavy (non-hydrogen) atoms. The third-order valence-corrected chi connectivity index (χ3v) is 4.07. The number of aromatic amines is 2. The largest absolute Gasteiger partial charge is 0.503 e. The Kier molecular flexibility index (Phi) is 2.71. The van der Waals surface area contributed by atoms with E-state index >= 15 is 0 Å². The van der Waals surface area contributed by atoms with Crippen molar-refractivity contribution in [1.29, 1.82) is 0 Å². The summed E-state index contributed by atoms with van der Waals surface area (Å²) in [6.45, 7) is 0.267. The first-order chi connectivity index (χ1) is 11.1. The lowest BCUT2D eigenvalue weighted by Gasteiger charge is -2.12. The number of rotatable bonds is 1. The second kappa shape index (κ2) is 4.64. The fourth-order valence-electron chi connectivity index (χ4n) is 3.06. The van der Waals surface area contributed by atoms with E-state index in [-0.39, 0.29) is 12.4 Å². The zero-order valence-corrected chi connectivity index (χ0v) is 11.8. The number of fused-ring (bicyclic) bond motifs is 5. The molecule has 2 aromatic heterocycles. The molecule has 0 saturated carbocycles. The number of carboxylic acids is 1. The topological polar surface area (TPSA) is 115 Å². The lowest BCUT2D eigenvalue weighted by Crippen LogP contribution is -2.19. The van der Waals surface area contributed by atoms with E-state index in [0.717, 1.165) is 16.5 Å². The van der Waals surface area contributed by atoms with Gasteiger partial charge in [0.1, 0.15) is 0 Å². The van der Waals surface area contributed by atoms with Gasteiger partial charge in [0.05, 0.1) is 12.3 Å². The van der Waals surface area contributed by atoms with Gasteiger partial charge in [0, 0.05) is 29.1 Å². The molecule has 0 spiro atoms. The Morgan fingerprint density at radius 3 is 2.87 bits per heavy atom. The second-order valence-corrected chi connectivity index (χ2v) is 5.32. The Morgan fingerprint density at radius 2 is 2.09 bits per heavy atom. The van der Waals surface area contributed by atoms with Crippen molar-refractivity contribution in [2.75, 3.05) is 6.61 Å². The first-order valence-electron chi connectivity index (χ1n) is 7.02. The smallest absolute Gasteiger partial charge is 0.345 e. The van der Waals surface area contributed by atoms with Gasteiger partial charge in [0.2, 0.25) is 0 Å². The summed E-state index contributed by atoms with van der Waals surface area (Å²) in [5.74, 6) is -2.14. The maximum Gasteiger partial charge on any atom is 0.345 e. The molecule has 116 valence electrons. The van der Waals surface area contributed by atoms with Gasteiger partial charge in [-0.15, -0.1) is 0 Å². The number of nitrogens with one attached hydrogen (secondary N) is 2. The molecule has 0 aliphatic carbocycles. The fourth-order valence-corrected chi connectivity index (χ4v) is 3.06. The molecule has 1 aromatic carbocycles. The summed E-state index contributed by atoms with van der Waals surface area (Å²) in [6.07, 6.45) is 2.40. The highest BCUT2D eigenvalue weighted by Gasteiger charge is 2.27. The predicted molar refractivity (Wildman–Crippen MR) is 82.2 cm³/mol. The highest BCUT2D eigenvalue weighted by atomic mass is 16.5. The van der Waals surface area contributed by atoms with E-state index in [2.05, 4.69) is 9.97 Å². The van der Waals surface area contributed by atoms with Gasteiger partial charge >= 0.3 is 5.97 Å². The summed E-state index contributed by atoms with van der Waals surface area (Å²) < 4.78 is 5.54. The number of benzene rings is 1. The molecule has 0 atom stereocenters. The molecule has 4 N–H and O–H groups in total. The Bertz CT molecular complexity index is 1020. The summed E-state index contributed by atoms with van der Waals surface area (Å²) >= 11 is 0. The molecule has 0 unspecified atom stereocenters. The van der Waals surface area contributed by atoms with Crippen molar-refractivity contribution >= 4 is 16.9 Å². The van der Waals surface area contributed by atoms with E-state index in [4.69, 9.17) is 9.84 Å². The van der Waals surface area contributed by atoms with Crippen molar-refractivity contribution in [2.24, 2.45) is 0 Å². The number of carboxylic acid groups (broad SMARTS) is 1. The SMILES string of the molecule is O=C(O)c1c(O)c2c([nH]c1=O)-c1ccc3[nH]ccc3c1CCO2. The summed E-state index contributed by atoms with van der Waals surface area (Å²) in [5, 5.41) is 20.3. The van der Waals surface area contributed by atoms with Crippen molar-refractivity contribution in [3.63, 3.8) is 0 Å². The summed E-state index contributed by atoms with van der Waals surface area (Å²) in [6, 6.07) is 5.62. The van der Waals surface area contributed by atoms with Crippen molar-refractivity contribution in [2.45, 2.75) is 6.42 Å². The average molecular weight is 312 g/mol. The van der Waals surface area contributed by atoms with Gasteiger partial charge in [-0.1, -0.05) is 6.07 Å². The molecule has 3 heterocycles. The molecule has 1 aliphatic heterocycles. The first-order valence-corrected chi connectivity index (χ1v) is 7.02. The number of ether oxygens (including phenoxy) is 1. The normalized spacial score (nSPS) is 13.0. The minimum Gasteiger partial charge on any atom is -0.503 e. The molecule has 0 amide bonds. The van der Waals surface area contributed by atoms with Crippen LogP contribution in [0, 0.1) is 0 Å². The van der Waals surface area contributed by atoms with Crippen LogP contribution in [0.15, 0.2) is 29.2 Å². The molecule has 0 saturated heterocycles. The van der Waals surface area contributed by atoms with Crippen LogP contribution in [0.2, 0.25) is 0 Å². The maximum atomic E-state index is 12.0. The Hall–Kier alpha value is -3.22. The molecule has 7 nitrogen and oxygen atoms in total. The van der Waals surface area contributed by atoms with Crippen LogP contribution in [-0.2, 0) is 6.42 Å².